The van der Waals surface area contributed by atoms with Crippen LogP contribution < -0.4 is 0 Å². The van der Waals surface area contributed by atoms with Crippen LogP contribution in [0, 0.1) is 11.3 Å². The third-order valence-corrected chi connectivity index (χ3v) is 4.64. The van der Waals surface area contributed by atoms with E-state index in [-0.39, 0.29) is 17.5 Å². The minimum atomic E-state index is -0.659. The van der Waals surface area contributed by atoms with Crippen LogP contribution in [-0.4, -0.2) is 17.9 Å². The SMILES string of the molecule is CC[C@@]12OC(=O)C[C@]1(C)[C@H]1CCC=C[C@H]1O2. The van der Waals surface area contributed by atoms with Crippen molar-refractivity contribution in [3.8, 4) is 0 Å². The van der Waals surface area contributed by atoms with Gasteiger partial charge in [-0.1, -0.05) is 26.0 Å². The van der Waals surface area contributed by atoms with E-state index >= 15 is 0 Å². The summed E-state index contributed by atoms with van der Waals surface area (Å²) in [5.74, 6) is -0.324. The monoisotopic (exact) mass is 222 g/mol. The predicted molar refractivity (Wildman–Crippen MR) is 58.6 cm³/mol. The van der Waals surface area contributed by atoms with Crippen molar-refractivity contribution in [1.29, 1.82) is 0 Å². The van der Waals surface area contributed by atoms with E-state index in [0.29, 0.717) is 12.3 Å². The third-order valence-electron chi connectivity index (χ3n) is 4.64. The highest BCUT2D eigenvalue weighted by molar-refractivity contribution is 5.74. The largest absolute Gasteiger partial charge is 0.432 e. The molecule has 0 radical (unpaired) electrons. The second kappa shape index (κ2) is 3.10. The Bertz CT molecular complexity index is 362. The van der Waals surface area contributed by atoms with Gasteiger partial charge >= 0.3 is 5.97 Å². The van der Waals surface area contributed by atoms with E-state index in [1.807, 2.05) is 6.92 Å². The molecule has 0 amide bonds. The Labute approximate surface area is 95.8 Å². The molecule has 0 bridgehead atoms. The number of allylic oxidation sites excluding steroid dienone is 1. The summed E-state index contributed by atoms with van der Waals surface area (Å²) in [4.78, 5) is 11.6. The van der Waals surface area contributed by atoms with Crippen LogP contribution >= 0.6 is 0 Å². The van der Waals surface area contributed by atoms with E-state index in [1.54, 1.807) is 0 Å². The number of carbonyl (C=O) groups excluding carboxylic acids is 1. The molecule has 4 atom stereocenters. The molecule has 2 aliphatic heterocycles. The number of esters is 1. The van der Waals surface area contributed by atoms with E-state index in [9.17, 15) is 4.79 Å². The first kappa shape index (κ1) is 10.3. The van der Waals surface area contributed by atoms with E-state index in [2.05, 4.69) is 19.1 Å². The van der Waals surface area contributed by atoms with E-state index in [4.69, 9.17) is 9.47 Å². The standard InChI is InChI=1S/C13H18O3/c1-3-13-12(2,8-11(14)16-13)9-6-4-5-7-10(9)15-13/h5,7,9-10H,3-4,6,8H2,1-2H3/t9-,10+,12+,13+/m0/s1. The fourth-order valence-corrected chi connectivity index (χ4v) is 3.73. The highest BCUT2D eigenvalue weighted by Crippen LogP contribution is 2.61. The molecule has 0 saturated carbocycles. The maximum absolute atomic E-state index is 11.6. The minimum Gasteiger partial charge on any atom is -0.432 e. The fraction of sp³-hybridized carbons (Fsp3) is 0.769. The van der Waals surface area contributed by atoms with Crippen LogP contribution in [0.5, 0.6) is 0 Å². The lowest BCUT2D eigenvalue weighted by Gasteiger charge is -2.35. The predicted octanol–water partition coefficient (Wildman–Crippen LogP) is 2.41. The average Bonchev–Trinajstić information content (AvgIpc) is 2.64. The first-order chi connectivity index (χ1) is 7.61. The van der Waals surface area contributed by atoms with E-state index < -0.39 is 5.79 Å². The zero-order chi connectivity index (χ0) is 11.4. The molecule has 1 aliphatic carbocycles. The van der Waals surface area contributed by atoms with Crippen molar-refractivity contribution >= 4 is 5.97 Å². The van der Waals surface area contributed by atoms with Crippen molar-refractivity contribution < 1.29 is 14.3 Å². The van der Waals surface area contributed by atoms with Crippen LogP contribution in [0.2, 0.25) is 0 Å². The molecular formula is C13H18O3. The zero-order valence-electron chi connectivity index (χ0n) is 9.86. The van der Waals surface area contributed by atoms with Crippen molar-refractivity contribution in [2.24, 2.45) is 11.3 Å². The molecule has 0 aromatic heterocycles. The summed E-state index contributed by atoms with van der Waals surface area (Å²) in [6.07, 6.45) is 7.92. The van der Waals surface area contributed by atoms with Crippen LogP contribution in [0.1, 0.15) is 39.5 Å². The summed E-state index contributed by atoms with van der Waals surface area (Å²) in [5, 5.41) is 0. The quantitative estimate of drug-likeness (QED) is 0.505. The van der Waals surface area contributed by atoms with Gasteiger partial charge in [-0.05, 0) is 12.8 Å². The topological polar surface area (TPSA) is 35.5 Å². The van der Waals surface area contributed by atoms with E-state index in [0.717, 1.165) is 19.3 Å². The van der Waals surface area contributed by atoms with Gasteiger partial charge in [0.2, 0.25) is 5.79 Å². The van der Waals surface area contributed by atoms with Crippen molar-refractivity contribution in [2.45, 2.75) is 51.4 Å². The maximum Gasteiger partial charge on any atom is 0.309 e. The van der Waals surface area contributed by atoms with Gasteiger partial charge in [0.1, 0.15) is 0 Å². The Balaban J connectivity index is 2.04. The van der Waals surface area contributed by atoms with Gasteiger partial charge in [-0.15, -0.1) is 0 Å². The van der Waals surface area contributed by atoms with Crippen LogP contribution in [0.15, 0.2) is 12.2 Å². The molecule has 3 rings (SSSR count). The lowest BCUT2D eigenvalue weighted by molar-refractivity contribution is -0.224. The summed E-state index contributed by atoms with van der Waals surface area (Å²) in [7, 11) is 0. The van der Waals surface area contributed by atoms with Gasteiger partial charge < -0.3 is 9.47 Å². The summed E-state index contributed by atoms with van der Waals surface area (Å²) in [5.41, 5.74) is -0.131. The summed E-state index contributed by atoms with van der Waals surface area (Å²) >= 11 is 0. The number of carbonyl (C=O) groups is 1. The lowest BCUT2D eigenvalue weighted by atomic mass is 9.67. The molecule has 2 fully saturated rings. The molecule has 88 valence electrons. The summed E-state index contributed by atoms with van der Waals surface area (Å²) in [6, 6.07) is 0. The van der Waals surface area contributed by atoms with E-state index in [1.165, 1.54) is 0 Å². The van der Waals surface area contributed by atoms with Gasteiger partial charge in [-0.2, -0.15) is 0 Å². The minimum absolute atomic E-state index is 0.0997. The molecule has 0 spiro atoms. The van der Waals surface area contributed by atoms with Crippen LogP contribution in [0.25, 0.3) is 0 Å². The Kier molecular flexibility index (Phi) is 2.00. The smallest absolute Gasteiger partial charge is 0.309 e. The van der Waals surface area contributed by atoms with Crippen LogP contribution in [-0.2, 0) is 14.3 Å². The second-order valence-corrected chi connectivity index (χ2v) is 5.37. The molecule has 0 unspecified atom stereocenters. The third kappa shape index (κ3) is 1.05. The second-order valence-electron chi connectivity index (χ2n) is 5.37. The molecule has 0 aromatic rings. The van der Waals surface area contributed by atoms with Gasteiger partial charge in [0.25, 0.3) is 0 Å². The molecular weight excluding hydrogens is 204 g/mol. The molecule has 2 heterocycles. The molecule has 3 aliphatic rings. The van der Waals surface area contributed by atoms with Crippen molar-refractivity contribution in [3.63, 3.8) is 0 Å². The number of ether oxygens (including phenoxy) is 2. The lowest BCUT2D eigenvalue weighted by Crippen LogP contribution is -2.42. The highest BCUT2D eigenvalue weighted by Gasteiger charge is 2.68. The normalized spacial score (nSPS) is 50.0. The van der Waals surface area contributed by atoms with Crippen LogP contribution in [0.3, 0.4) is 0 Å². The van der Waals surface area contributed by atoms with Gasteiger partial charge in [-0.3, -0.25) is 4.79 Å². The van der Waals surface area contributed by atoms with Crippen molar-refractivity contribution in [2.75, 3.05) is 0 Å². The number of hydrogen-bond acceptors (Lipinski definition) is 3. The van der Waals surface area contributed by atoms with Gasteiger partial charge in [0.15, 0.2) is 0 Å². The highest BCUT2D eigenvalue weighted by atomic mass is 16.7. The fourth-order valence-electron chi connectivity index (χ4n) is 3.73. The first-order valence-corrected chi connectivity index (χ1v) is 6.18. The Morgan fingerprint density at radius 1 is 1.56 bits per heavy atom. The Morgan fingerprint density at radius 3 is 3.12 bits per heavy atom. The first-order valence-electron chi connectivity index (χ1n) is 6.18. The van der Waals surface area contributed by atoms with Crippen molar-refractivity contribution in [3.05, 3.63) is 12.2 Å². The molecule has 16 heavy (non-hydrogen) atoms. The van der Waals surface area contributed by atoms with Crippen molar-refractivity contribution in [1.82, 2.24) is 0 Å². The summed E-state index contributed by atoms with van der Waals surface area (Å²) < 4.78 is 11.6. The Morgan fingerprint density at radius 2 is 2.38 bits per heavy atom. The average molecular weight is 222 g/mol. The van der Waals surface area contributed by atoms with Gasteiger partial charge in [0.05, 0.1) is 12.5 Å². The number of rotatable bonds is 1. The number of hydrogen-bond donors (Lipinski definition) is 0. The maximum atomic E-state index is 11.6. The molecule has 3 nitrogen and oxygen atoms in total. The summed E-state index contributed by atoms with van der Waals surface area (Å²) in [6.45, 7) is 4.20. The molecule has 3 heteroatoms. The Hall–Kier alpha value is -0.830. The molecule has 0 aromatic carbocycles. The van der Waals surface area contributed by atoms with Gasteiger partial charge in [-0.25, -0.2) is 0 Å². The van der Waals surface area contributed by atoms with Gasteiger partial charge in [0, 0.05) is 17.8 Å². The molecule has 2 saturated heterocycles. The number of fused-ring (bicyclic) bond motifs is 3. The zero-order valence-corrected chi connectivity index (χ0v) is 9.86. The van der Waals surface area contributed by atoms with Crippen LogP contribution in [0.4, 0.5) is 0 Å². The molecule has 0 N–H and O–H groups in total.